The molecule has 2 heterocycles. The van der Waals surface area contributed by atoms with E-state index in [1.54, 1.807) is 0 Å². The van der Waals surface area contributed by atoms with Gasteiger partial charge in [0.25, 0.3) is 0 Å². The van der Waals surface area contributed by atoms with Crippen LogP contribution in [-0.2, 0) is 10.3 Å². The van der Waals surface area contributed by atoms with Gasteiger partial charge in [-0.25, -0.2) is 0 Å². The third-order valence-electron chi connectivity index (χ3n) is 6.38. The number of carbonyl (C=O) groups is 1. The van der Waals surface area contributed by atoms with Gasteiger partial charge in [-0.2, -0.15) is 4.98 Å². The fourth-order valence-corrected chi connectivity index (χ4v) is 4.75. The molecule has 1 aliphatic heterocycles. The van der Waals surface area contributed by atoms with Crippen molar-refractivity contribution in [1.29, 1.82) is 0 Å². The Labute approximate surface area is 143 Å². The number of hydrogen-bond donors (Lipinski definition) is 2. The summed E-state index contributed by atoms with van der Waals surface area (Å²) in [5, 5.41) is 11.0. The van der Waals surface area contributed by atoms with Crippen LogP contribution in [0.15, 0.2) is 4.52 Å². The molecule has 132 valence electrons. The lowest BCUT2D eigenvalue weighted by molar-refractivity contribution is -0.125. The van der Waals surface area contributed by atoms with Crippen LogP contribution in [0.5, 0.6) is 0 Å². The Kier molecular flexibility index (Phi) is 4.11. The van der Waals surface area contributed by atoms with Crippen molar-refractivity contribution in [2.45, 2.75) is 70.3 Å². The summed E-state index contributed by atoms with van der Waals surface area (Å²) in [6.07, 6.45) is 9.76. The second kappa shape index (κ2) is 6.14. The summed E-state index contributed by atoms with van der Waals surface area (Å²) in [6, 6.07) is 0. The third kappa shape index (κ3) is 2.85. The molecule has 0 bridgehead atoms. The van der Waals surface area contributed by atoms with Gasteiger partial charge in [-0.1, -0.05) is 30.8 Å². The summed E-state index contributed by atoms with van der Waals surface area (Å²) >= 11 is 0. The van der Waals surface area contributed by atoms with Gasteiger partial charge >= 0.3 is 0 Å². The van der Waals surface area contributed by atoms with Crippen LogP contribution < -0.4 is 10.6 Å². The predicted octanol–water partition coefficient (Wildman–Crippen LogP) is 2.43. The maximum Gasteiger partial charge on any atom is 0.224 e. The van der Waals surface area contributed by atoms with Gasteiger partial charge in [-0.05, 0) is 50.6 Å². The molecular formula is C18H28N4O2. The average Bonchev–Trinajstić information content (AvgIpc) is 3.18. The molecule has 1 aromatic heterocycles. The molecule has 1 saturated heterocycles. The molecule has 2 N–H and O–H groups in total. The number of aryl methyl sites for hydroxylation is 1. The third-order valence-corrected chi connectivity index (χ3v) is 6.38. The quantitative estimate of drug-likeness (QED) is 0.831. The van der Waals surface area contributed by atoms with Crippen LogP contribution in [0.1, 0.15) is 69.5 Å². The molecule has 3 aliphatic rings. The highest BCUT2D eigenvalue weighted by atomic mass is 16.5. The number of rotatable bonds is 3. The van der Waals surface area contributed by atoms with Crippen molar-refractivity contribution in [3.05, 3.63) is 11.7 Å². The monoisotopic (exact) mass is 332 g/mol. The summed E-state index contributed by atoms with van der Waals surface area (Å²) < 4.78 is 5.23. The molecule has 3 fully saturated rings. The Morgan fingerprint density at radius 2 is 1.88 bits per heavy atom. The molecule has 6 heteroatoms. The van der Waals surface area contributed by atoms with Gasteiger partial charge in [0.15, 0.2) is 5.82 Å². The minimum absolute atomic E-state index is 0.174. The maximum atomic E-state index is 13.0. The normalized spacial score (nSPS) is 28.3. The lowest BCUT2D eigenvalue weighted by atomic mass is 9.87. The van der Waals surface area contributed by atoms with Crippen LogP contribution >= 0.6 is 0 Å². The van der Waals surface area contributed by atoms with Crippen molar-refractivity contribution in [1.82, 2.24) is 20.8 Å². The number of nitrogens with one attached hydrogen (secondary N) is 2. The van der Waals surface area contributed by atoms with Gasteiger partial charge in [0.05, 0.1) is 0 Å². The number of hydrogen-bond acceptors (Lipinski definition) is 5. The Hall–Kier alpha value is -1.43. The van der Waals surface area contributed by atoms with Crippen molar-refractivity contribution < 1.29 is 9.32 Å². The first kappa shape index (κ1) is 16.1. The van der Waals surface area contributed by atoms with E-state index in [-0.39, 0.29) is 17.2 Å². The summed E-state index contributed by atoms with van der Waals surface area (Å²) in [5.41, 5.74) is -0.170. The second-order valence-corrected chi connectivity index (χ2v) is 7.99. The largest absolute Gasteiger partial charge is 0.343 e. The Morgan fingerprint density at radius 1 is 1.17 bits per heavy atom. The van der Waals surface area contributed by atoms with Crippen LogP contribution in [0.2, 0.25) is 0 Å². The minimum atomic E-state index is -0.429. The molecule has 2 aliphatic carbocycles. The molecule has 1 atom stereocenters. The molecule has 6 nitrogen and oxygen atoms in total. The molecule has 1 spiro atoms. The van der Waals surface area contributed by atoms with Crippen LogP contribution in [0, 0.1) is 18.3 Å². The van der Waals surface area contributed by atoms with Crippen molar-refractivity contribution in [3.8, 4) is 0 Å². The summed E-state index contributed by atoms with van der Waals surface area (Å²) in [7, 11) is 0. The van der Waals surface area contributed by atoms with Crippen molar-refractivity contribution in [2.75, 3.05) is 13.1 Å². The van der Waals surface area contributed by atoms with E-state index in [2.05, 4.69) is 20.8 Å². The highest BCUT2D eigenvalue weighted by molar-refractivity contribution is 5.83. The smallest absolute Gasteiger partial charge is 0.224 e. The number of aromatic nitrogens is 2. The molecule has 24 heavy (non-hydrogen) atoms. The first-order valence-corrected chi connectivity index (χ1v) is 9.47. The fraction of sp³-hybridized carbons (Fsp3) is 0.833. The van der Waals surface area contributed by atoms with E-state index in [0.29, 0.717) is 11.7 Å². The molecule has 1 aromatic rings. The number of amides is 1. The zero-order valence-corrected chi connectivity index (χ0v) is 14.6. The van der Waals surface area contributed by atoms with Gasteiger partial charge in [0, 0.05) is 12.8 Å². The van der Waals surface area contributed by atoms with Crippen LogP contribution in [0.4, 0.5) is 0 Å². The SMILES string of the molecule is Cc1nc(C2(NC(=O)C3CC34CCNCC4)CCCCCC2)no1. The van der Waals surface area contributed by atoms with Gasteiger partial charge in [-0.15, -0.1) is 0 Å². The molecular weight excluding hydrogens is 304 g/mol. The van der Waals surface area contributed by atoms with Gasteiger partial charge in [0.2, 0.25) is 11.8 Å². The average molecular weight is 332 g/mol. The topological polar surface area (TPSA) is 80.0 Å². The highest BCUT2D eigenvalue weighted by Gasteiger charge is 2.58. The highest BCUT2D eigenvalue weighted by Crippen LogP contribution is 2.58. The molecule has 1 unspecified atom stereocenters. The van der Waals surface area contributed by atoms with Gasteiger partial charge in [0.1, 0.15) is 5.54 Å². The number of nitrogens with zero attached hydrogens (tertiary/aromatic N) is 2. The van der Waals surface area contributed by atoms with E-state index < -0.39 is 5.54 Å². The van der Waals surface area contributed by atoms with E-state index in [4.69, 9.17) is 4.52 Å². The van der Waals surface area contributed by atoms with Crippen LogP contribution in [-0.4, -0.2) is 29.1 Å². The summed E-state index contributed by atoms with van der Waals surface area (Å²) in [4.78, 5) is 17.5. The molecule has 0 aromatic carbocycles. The fourth-order valence-electron chi connectivity index (χ4n) is 4.75. The van der Waals surface area contributed by atoms with E-state index in [0.717, 1.165) is 58.0 Å². The standard InChI is InChI=1S/C18H28N4O2/c1-13-20-16(22-24-13)18(6-4-2-3-5-7-18)21-15(23)14-12-17(14)8-10-19-11-9-17/h14,19H,2-12H2,1H3,(H,21,23). The lowest BCUT2D eigenvalue weighted by Crippen LogP contribution is -2.48. The number of carbonyl (C=O) groups excluding carboxylic acids is 1. The van der Waals surface area contributed by atoms with Crippen LogP contribution in [0.3, 0.4) is 0 Å². The zero-order chi connectivity index (χ0) is 16.6. The van der Waals surface area contributed by atoms with E-state index in [9.17, 15) is 4.79 Å². The minimum Gasteiger partial charge on any atom is -0.343 e. The predicted molar refractivity (Wildman–Crippen MR) is 89.2 cm³/mol. The summed E-state index contributed by atoms with van der Waals surface area (Å²) in [6.45, 7) is 3.89. The van der Waals surface area contributed by atoms with Crippen molar-refractivity contribution >= 4 is 5.91 Å². The Balaban J connectivity index is 1.53. The van der Waals surface area contributed by atoms with Crippen molar-refractivity contribution in [2.24, 2.45) is 11.3 Å². The van der Waals surface area contributed by atoms with Crippen LogP contribution in [0.25, 0.3) is 0 Å². The van der Waals surface area contributed by atoms with E-state index in [1.807, 2.05) is 6.92 Å². The Morgan fingerprint density at radius 3 is 2.50 bits per heavy atom. The maximum absolute atomic E-state index is 13.0. The van der Waals surface area contributed by atoms with Crippen molar-refractivity contribution in [3.63, 3.8) is 0 Å². The number of piperidine rings is 1. The molecule has 4 rings (SSSR count). The Bertz CT molecular complexity index is 598. The first-order chi connectivity index (χ1) is 11.6. The van der Waals surface area contributed by atoms with E-state index in [1.165, 1.54) is 12.8 Å². The zero-order valence-electron chi connectivity index (χ0n) is 14.6. The van der Waals surface area contributed by atoms with Gasteiger partial charge in [-0.3, -0.25) is 4.79 Å². The molecule has 1 amide bonds. The molecule has 0 radical (unpaired) electrons. The first-order valence-electron chi connectivity index (χ1n) is 9.47. The molecule has 2 saturated carbocycles. The summed E-state index contributed by atoms with van der Waals surface area (Å²) in [5.74, 6) is 1.63. The van der Waals surface area contributed by atoms with Gasteiger partial charge < -0.3 is 15.2 Å². The second-order valence-electron chi connectivity index (χ2n) is 7.99. The van der Waals surface area contributed by atoms with E-state index >= 15 is 0 Å². The lowest BCUT2D eigenvalue weighted by Gasteiger charge is -2.31.